The van der Waals surface area contributed by atoms with E-state index < -0.39 is 0 Å². The molecule has 1 atom stereocenters. The molecule has 0 radical (unpaired) electrons. The van der Waals surface area contributed by atoms with Gasteiger partial charge in [0.25, 0.3) is 0 Å². The van der Waals surface area contributed by atoms with Gasteiger partial charge in [-0.25, -0.2) is 8.78 Å². The Balaban J connectivity index is 1.83. The molecule has 132 valence electrons. The summed E-state index contributed by atoms with van der Waals surface area (Å²) in [4.78, 5) is 0. The molecule has 0 amide bonds. The molecule has 0 saturated heterocycles. The first-order chi connectivity index (χ1) is 12.1. The molecule has 1 unspecified atom stereocenters. The van der Waals surface area contributed by atoms with E-state index in [2.05, 4.69) is 13.0 Å². The largest absolute Gasteiger partial charge is 0.207 e. The SMILES string of the molecule is CCCC1CC=C(c2ccc(-c3ccc(CC)c(F)c3)c(F)c2)CC1. The summed E-state index contributed by atoms with van der Waals surface area (Å²) in [5.41, 5.74) is 3.92. The minimum Gasteiger partial charge on any atom is -0.207 e. The molecular formula is C23H26F2. The van der Waals surface area contributed by atoms with Crippen LogP contribution in [0.3, 0.4) is 0 Å². The number of aryl methyl sites for hydroxylation is 1. The Bertz CT molecular complexity index is 774. The average Bonchev–Trinajstić information content (AvgIpc) is 2.62. The Labute approximate surface area is 149 Å². The van der Waals surface area contributed by atoms with Crippen LogP contribution in [-0.2, 0) is 6.42 Å². The zero-order chi connectivity index (χ0) is 17.8. The van der Waals surface area contributed by atoms with Gasteiger partial charge in [0.2, 0.25) is 0 Å². The maximum absolute atomic E-state index is 14.7. The van der Waals surface area contributed by atoms with Crippen LogP contribution in [0.1, 0.15) is 57.1 Å². The molecule has 3 rings (SSSR count). The highest BCUT2D eigenvalue weighted by Gasteiger charge is 2.16. The molecule has 25 heavy (non-hydrogen) atoms. The van der Waals surface area contributed by atoms with E-state index >= 15 is 0 Å². The molecule has 0 fully saturated rings. The normalized spacial score (nSPS) is 17.4. The number of benzene rings is 2. The number of rotatable bonds is 5. The van der Waals surface area contributed by atoms with Crippen molar-refractivity contribution >= 4 is 5.57 Å². The van der Waals surface area contributed by atoms with Gasteiger partial charge in [-0.1, -0.05) is 57.0 Å². The first-order valence-electron chi connectivity index (χ1n) is 9.40. The molecule has 0 bridgehead atoms. The van der Waals surface area contributed by atoms with Gasteiger partial charge >= 0.3 is 0 Å². The number of allylic oxidation sites excluding steroid dienone is 2. The van der Waals surface area contributed by atoms with E-state index in [4.69, 9.17) is 0 Å². The van der Waals surface area contributed by atoms with Gasteiger partial charge in [-0.05, 0) is 66.0 Å². The standard InChI is InChI=1S/C23H26F2/c1-3-5-16-6-8-18(9-7-16)19-12-13-21(23(25)14-19)20-11-10-17(4-2)22(24)15-20/h8,10-16H,3-7,9H2,1-2H3. The van der Waals surface area contributed by atoms with Crippen LogP contribution in [0.15, 0.2) is 42.5 Å². The molecule has 0 saturated carbocycles. The van der Waals surface area contributed by atoms with Crippen LogP contribution in [0.2, 0.25) is 0 Å². The van der Waals surface area contributed by atoms with Gasteiger partial charge in [-0.2, -0.15) is 0 Å². The molecule has 0 heterocycles. The topological polar surface area (TPSA) is 0 Å². The molecule has 0 nitrogen and oxygen atoms in total. The molecule has 2 aromatic rings. The fourth-order valence-electron chi connectivity index (χ4n) is 3.77. The minimum absolute atomic E-state index is 0.263. The second-order valence-electron chi connectivity index (χ2n) is 7.01. The van der Waals surface area contributed by atoms with Gasteiger partial charge in [0, 0.05) is 5.56 Å². The molecule has 0 aliphatic heterocycles. The predicted octanol–water partition coefficient (Wildman–Crippen LogP) is 7.18. The third-order valence-corrected chi connectivity index (χ3v) is 5.30. The zero-order valence-electron chi connectivity index (χ0n) is 15.1. The van der Waals surface area contributed by atoms with Gasteiger partial charge in [0.05, 0.1) is 0 Å². The second kappa shape index (κ2) is 7.95. The lowest BCUT2D eigenvalue weighted by molar-refractivity contribution is 0.445. The van der Waals surface area contributed by atoms with Gasteiger partial charge in [0.15, 0.2) is 0 Å². The van der Waals surface area contributed by atoms with Crippen molar-refractivity contribution in [2.45, 2.75) is 52.4 Å². The van der Waals surface area contributed by atoms with Crippen molar-refractivity contribution < 1.29 is 8.78 Å². The van der Waals surface area contributed by atoms with Gasteiger partial charge < -0.3 is 0 Å². The van der Waals surface area contributed by atoms with Crippen molar-refractivity contribution in [3.63, 3.8) is 0 Å². The maximum atomic E-state index is 14.7. The maximum Gasteiger partial charge on any atom is 0.131 e. The van der Waals surface area contributed by atoms with Crippen LogP contribution in [0, 0.1) is 17.6 Å². The van der Waals surface area contributed by atoms with E-state index in [9.17, 15) is 8.78 Å². The summed E-state index contributed by atoms with van der Waals surface area (Å²) < 4.78 is 28.7. The van der Waals surface area contributed by atoms with Crippen LogP contribution in [0.5, 0.6) is 0 Å². The quantitative estimate of drug-likeness (QED) is 0.541. The third-order valence-electron chi connectivity index (χ3n) is 5.30. The molecule has 2 heteroatoms. The van der Waals surface area contributed by atoms with Crippen molar-refractivity contribution in [3.05, 3.63) is 65.2 Å². The molecule has 0 spiro atoms. The third kappa shape index (κ3) is 4.00. The average molecular weight is 340 g/mol. The second-order valence-corrected chi connectivity index (χ2v) is 7.01. The number of hydrogen-bond acceptors (Lipinski definition) is 0. The smallest absolute Gasteiger partial charge is 0.131 e. The van der Waals surface area contributed by atoms with Crippen molar-refractivity contribution in [1.82, 2.24) is 0 Å². The highest BCUT2D eigenvalue weighted by atomic mass is 19.1. The molecule has 1 aliphatic rings. The minimum atomic E-state index is -0.280. The van der Waals surface area contributed by atoms with Crippen LogP contribution in [0.25, 0.3) is 16.7 Å². The summed E-state index contributed by atoms with van der Waals surface area (Å²) in [6, 6.07) is 10.3. The molecule has 0 N–H and O–H groups in total. The van der Waals surface area contributed by atoms with E-state index in [0.717, 1.165) is 24.3 Å². The van der Waals surface area contributed by atoms with Crippen molar-refractivity contribution in [3.8, 4) is 11.1 Å². The summed E-state index contributed by atoms with van der Waals surface area (Å²) in [7, 11) is 0. The number of hydrogen-bond donors (Lipinski definition) is 0. The van der Waals surface area contributed by atoms with Gasteiger partial charge in [0.1, 0.15) is 11.6 Å². The summed E-state index contributed by atoms with van der Waals surface area (Å²) in [6.45, 7) is 4.14. The Hall–Kier alpha value is -1.96. The molecular weight excluding hydrogens is 314 g/mol. The van der Waals surface area contributed by atoms with E-state index in [1.54, 1.807) is 24.3 Å². The zero-order valence-corrected chi connectivity index (χ0v) is 15.1. The van der Waals surface area contributed by atoms with E-state index in [-0.39, 0.29) is 11.6 Å². The first-order valence-corrected chi connectivity index (χ1v) is 9.40. The predicted molar refractivity (Wildman–Crippen MR) is 101 cm³/mol. The Morgan fingerprint density at radius 2 is 1.72 bits per heavy atom. The summed E-state index contributed by atoms with van der Waals surface area (Å²) in [5.74, 6) is 0.232. The van der Waals surface area contributed by atoms with Crippen LogP contribution >= 0.6 is 0 Å². The Morgan fingerprint density at radius 3 is 2.32 bits per heavy atom. The Kier molecular flexibility index (Phi) is 5.67. The van der Waals surface area contributed by atoms with Crippen LogP contribution < -0.4 is 0 Å². The summed E-state index contributed by atoms with van der Waals surface area (Å²) >= 11 is 0. The van der Waals surface area contributed by atoms with Crippen LogP contribution in [0.4, 0.5) is 8.78 Å². The molecule has 2 aromatic carbocycles. The van der Waals surface area contributed by atoms with Crippen molar-refractivity contribution in [2.24, 2.45) is 5.92 Å². The van der Waals surface area contributed by atoms with E-state index in [0.29, 0.717) is 23.1 Å². The fraction of sp³-hybridized carbons (Fsp3) is 0.391. The molecule has 1 aliphatic carbocycles. The summed E-state index contributed by atoms with van der Waals surface area (Å²) in [6.07, 6.45) is 8.71. The van der Waals surface area contributed by atoms with E-state index in [1.165, 1.54) is 30.9 Å². The lowest BCUT2D eigenvalue weighted by Gasteiger charge is -2.22. The molecule has 0 aromatic heterocycles. The highest BCUT2D eigenvalue weighted by Crippen LogP contribution is 2.34. The summed E-state index contributed by atoms with van der Waals surface area (Å²) in [5, 5.41) is 0. The van der Waals surface area contributed by atoms with Crippen molar-refractivity contribution in [2.75, 3.05) is 0 Å². The highest BCUT2D eigenvalue weighted by molar-refractivity contribution is 5.71. The lowest BCUT2D eigenvalue weighted by atomic mass is 9.84. The van der Waals surface area contributed by atoms with Crippen LogP contribution in [-0.4, -0.2) is 0 Å². The van der Waals surface area contributed by atoms with E-state index in [1.807, 2.05) is 13.0 Å². The van der Waals surface area contributed by atoms with Crippen molar-refractivity contribution in [1.29, 1.82) is 0 Å². The fourth-order valence-corrected chi connectivity index (χ4v) is 3.77. The lowest BCUT2D eigenvalue weighted by Crippen LogP contribution is -2.05. The first kappa shape index (κ1) is 17.8. The van der Waals surface area contributed by atoms with Gasteiger partial charge in [-0.15, -0.1) is 0 Å². The Morgan fingerprint density at radius 1 is 0.960 bits per heavy atom. The van der Waals surface area contributed by atoms with Gasteiger partial charge in [-0.3, -0.25) is 0 Å². The monoisotopic (exact) mass is 340 g/mol. The number of halogens is 2.